The van der Waals surface area contributed by atoms with Crippen molar-refractivity contribution in [1.82, 2.24) is 0 Å². The Balaban J connectivity index is 0.00000529. The van der Waals surface area contributed by atoms with Crippen LogP contribution in [-0.2, 0) is 21.3 Å². The van der Waals surface area contributed by atoms with E-state index >= 15 is 0 Å². The minimum Gasteiger partial charge on any atom is -0.744 e. The second kappa shape index (κ2) is 13.3. The Morgan fingerprint density at radius 1 is 1.08 bits per heavy atom. The van der Waals surface area contributed by atoms with E-state index in [1.54, 1.807) is 12.1 Å². The Morgan fingerprint density at radius 3 is 2.25 bits per heavy atom. The maximum atomic E-state index is 10.8. The topological polar surface area (TPSA) is 86.7 Å². The standard InChI is InChI=1S/C17H28O5S.Na/c1-2-3-4-5-6-7-8-17(18)22-14-13-15-9-11-16(12-10-15)23(19,20)21;/h9-12,17-18H,2-8,13-14H2,1H3,(H,19,20,21);/q;+1/p-1. The van der Waals surface area contributed by atoms with Crippen molar-refractivity contribution in [3.8, 4) is 0 Å². The maximum Gasteiger partial charge on any atom is 1.00 e. The smallest absolute Gasteiger partial charge is 0.744 e. The average molecular weight is 366 g/mol. The fourth-order valence-electron chi connectivity index (χ4n) is 2.32. The van der Waals surface area contributed by atoms with Crippen LogP contribution in [0.5, 0.6) is 0 Å². The summed E-state index contributed by atoms with van der Waals surface area (Å²) in [5.74, 6) is 0. The van der Waals surface area contributed by atoms with Crippen LogP contribution in [0.15, 0.2) is 29.2 Å². The summed E-state index contributed by atoms with van der Waals surface area (Å²) >= 11 is 0. The molecule has 0 spiro atoms. The number of aliphatic hydroxyl groups is 1. The number of aliphatic hydroxyl groups excluding tert-OH is 1. The molecule has 0 radical (unpaired) electrons. The molecule has 1 N–H and O–H groups in total. The van der Waals surface area contributed by atoms with Crippen LogP contribution in [-0.4, -0.2) is 31.0 Å². The summed E-state index contributed by atoms with van der Waals surface area (Å²) in [5.41, 5.74) is 0.865. The molecule has 0 fully saturated rings. The third-order valence-corrected chi connectivity index (χ3v) is 4.57. The van der Waals surface area contributed by atoms with Gasteiger partial charge in [-0.3, -0.25) is 0 Å². The van der Waals surface area contributed by atoms with E-state index < -0.39 is 16.4 Å². The SMILES string of the molecule is CCCCCCCCC(O)OCCc1ccc(S(=O)(=O)[O-])cc1.[Na+]. The first-order valence-corrected chi connectivity index (χ1v) is 9.69. The molecule has 0 saturated carbocycles. The van der Waals surface area contributed by atoms with Crippen LogP contribution in [0, 0.1) is 0 Å². The quantitative estimate of drug-likeness (QED) is 0.248. The second-order valence-corrected chi connectivity index (χ2v) is 7.11. The minimum absolute atomic E-state index is 0. The molecule has 5 nitrogen and oxygen atoms in total. The van der Waals surface area contributed by atoms with Gasteiger partial charge in [-0.15, -0.1) is 0 Å². The van der Waals surface area contributed by atoms with Gasteiger partial charge in [0, 0.05) is 0 Å². The summed E-state index contributed by atoms with van der Waals surface area (Å²) in [6.45, 7) is 2.55. The van der Waals surface area contributed by atoms with Gasteiger partial charge in [0.05, 0.1) is 11.5 Å². The summed E-state index contributed by atoms with van der Waals surface area (Å²) in [6, 6.07) is 5.78. The monoisotopic (exact) mass is 366 g/mol. The molecule has 132 valence electrons. The Bertz CT molecular complexity index is 530. The molecule has 1 atom stereocenters. The van der Waals surface area contributed by atoms with E-state index in [0.29, 0.717) is 19.4 Å². The summed E-state index contributed by atoms with van der Waals surface area (Å²) < 4.78 is 37.8. The van der Waals surface area contributed by atoms with E-state index in [4.69, 9.17) is 4.74 Å². The number of hydrogen-bond acceptors (Lipinski definition) is 5. The van der Waals surface area contributed by atoms with Crippen molar-refractivity contribution in [2.75, 3.05) is 6.61 Å². The first-order chi connectivity index (χ1) is 10.9. The Hall–Kier alpha value is 0.0500. The zero-order valence-corrected chi connectivity index (χ0v) is 17.6. The van der Waals surface area contributed by atoms with E-state index in [9.17, 15) is 18.1 Å². The van der Waals surface area contributed by atoms with Crippen LogP contribution < -0.4 is 29.6 Å². The predicted molar refractivity (Wildman–Crippen MR) is 88.1 cm³/mol. The van der Waals surface area contributed by atoms with Crippen molar-refractivity contribution in [3.05, 3.63) is 29.8 Å². The first kappa shape index (κ1) is 24.1. The molecule has 1 unspecified atom stereocenters. The van der Waals surface area contributed by atoms with Gasteiger partial charge in [0.15, 0.2) is 6.29 Å². The van der Waals surface area contributed by atoms with Crippen LogP contribution in [0.1, 0.15) is 57.4 Å². The van der Waals surface area contributed by atoms with E-state index in [0.717, 1.165) is 18.4 Å². The third kappa shape index (κ3) is 10.8. The maximum absolute atomic E-state index is 10.8. The predicted octanol–water partition coefficient (Wildman–Crippen LogP) is 0.223. The molecule has 0 bridgehead atoms. The number of hydrogen-bond donors (Lipinski definition) is 1. The van der Waals surface area contributed by atoms with Gasteiger partial charge in [-0.1, -0.05) is 51.2 Å². The van der Waals surface area contributed by atoms with Crippen molar-refractivity contribution in [2.45, 2.75) is 69.5 Å². The number of benzene rings is 1. The van der Waals surface area contributed by atoms with Crippen molar-refractivity contribution in [1.29, 1.82) is 0 Å². The van der Waals surface area contributed by atoms with Crippen molar-refractivity contribution >= 4 is 10.1 Å². The van der Waals surface area contributed by atoms with Gasteiger partial charge < -0.3 is 14.4 Å². The van der Waals surface area contributed by atoms with Crippen molar-refractivity contribution < 1.29 is 52.4 Å². The molecule has 0 heterocycles. The van der Waals surface area contributed by atoms with Gasteiger partial charge in [-0.05, 0) is 37.0 Å². The number of ether oxygens (including phenoxy) is 1. The zero-order valence-electron chi connectivity index (χ0n) is 14.7. The molecule has 0 amide bonds. The van der Waals surface area contributed by atoms with Crippen LogP contribution in [0.4, 0.5) is 0 Å². The summed E-state index contributed by atoms with van der Waals surface area (Å²) in [6.07, 6.45) is 7.48. The molecule has 7 heteroatoms. The number of unbranched alkanes of at least 4 members (excludes halogenated alkanes) is 5. The van der Waals surface area contributed by atoms with Gasteiger partial charge in [0.2, 0.25) is 0 Å². The van der Waals surface area contributed by atoms with E-state index in [1.165, 1.54) is 37.8 Å². The molecular formula is C17H27NaO5S. The molecular weight excluding hydrogens is 339 g/mol. The van der Waals surface area contributed by atoms with E-state index in [1.807, 2.05) is 0 Å². The first-order valence-electron chi connectivity index (χ1n) is 8.28. The van der Waals surface area contributed by atoms with Crippen LogP contribution in [0.2, 0.25) is 0 Å². The molecule has 0 aromatic heterocycles. The molecule has 24 heavy (non-hydrogen) atoms. The molecule has 0 aliphatic heterocycles. The van der Waals surface area contributed by atoms with Gasteiger partial charge in [0.1, 0.15) is 10.1 Å². The normalized spacial score (nSPS) is 12.6. The Labute approximate surface area is 167 Å². The van der Waals surface area contributed by atoms with Crippen molar-refractivity contribution in [2.24, 2.45) is 0 Å². The van der Waals surface area contributed by atoms with E-state index in [-0.39, 0.29) is 34.5 Å². The third-order valence-electron chi connectivity index (χ3n) is 3.72. The van der Waals surface area contributed by atoms with Crippen molar-refractivity contribution in [3.63, 3.8) is 0 Å². The zero-order chi connectivity index (χ0) is 17.1. The molecule has 0 aliphatic rings. The van der Waals surface area contributed by atoms with Gasteiger partial charge in [-0.2, -0.15) is 0 Å². The summed E-state index contributed by atoms with van der Waals surface area (Å²) in [7, 11) is -4.39. The second-order valence-electron chi connectivity index (χ2n) is 5.73. The van der Waals surface area contributed by atoms with Gasteiger partial charge in [0.25, 0.3) is 0 Å². The van der Waals surface area contributed by atoms with Crippen LogP contribution >= 0.6 is 0 Å². The van der Waals surface area contributed by atoms with Gasteiger partial charge >= 0.3 is 29.6 Å². The fourth-order valence-corrected chi connectivity index (χ4v) is 2.79. The van der Waals surface area contributed by atoms with E-state index in [2.05, 4.69) is 6.92 Å². The molecule has 1 aromatic rings. The number of rotatable bonds is 12. The van der Waals surface area contributed by atoms with Crippen LogP contribution in [0.3, 0.4) is 0 Å². The van der Waals surface area contributed by atoms with Crippen LogP contribution in [0.25, 0.3) is 0 Å². The molecule has 0 saturated heterocycles. The Morgan fingerprint density at radius 2 is 1.67 bits per heavy atom. The minimum atomic E-state index is -4.39. The van der Waals surface area contributed by atoms with Gasteiger partial charge in [-0.25, -0.2) is 8.42 Å². The molecule has 1 rings (SSSR count). The largest absolute Gasteiger partial charge is 1.00 e. The molecule has 1 aromatic carbocycles. The molecule has 0 aliphatic carbocycles. The average Bonchev–Trinajstić information content (AvgIpc) is 2.50. The fraction of sp³-hybridized carbons (Fsp3) is 0.647. The summed E-state index contributed by atoms with van der Waals surface area (Å²) in [5, 5.41) is 9.74. The summed E-state index contributed by atoms with van der Waals surface area (Å²) in [4.78, 5) is -0.231. The Kier molecular flexibility index (Phi) is 13.3.